The van der Waals surface area contributed by atoms with Gasteiger partial charge in [-0.15, -0.1) is 0 Å². The first kappa shape index (κ1) is 13.6. The van der Waals surface area contributed by atoms with Gasteiger partial charge in [0.25, 0.3) is 0 Å². The summed E-state index contributed by atoms with van der Waals surface area (Å²) in [7, 11) is 0. The quantitative estimate of drug-likeness (QED) is 0.754. The predicted octanol–water partition coefficient (Wildman–Crippen LogP) is 2.68. The van der Waals surface area contributed by atoms with Crippen LogP contribution in [-0.4, -0.2) is 19.6 Å². The third-order valence-electron chi connectivity index (χ3n) is 2.29. The first-order valence-corrected chi connectivity index (χ1v) is 6.38. The molecular weight excluding hydrogens is 271 g/mol. The Balaban J connectivity index is 2.21. The standard InChI is InChI=1S/C12H18BrFN2/c1-2-15-6-3-7-16-9-10-4-5-11(14)8-12(10)13/h4-5,8,15-16H,2-3,6-7,9H2,1H3. The summed E-state index contributed by atoms with van der Waals surface area (Å²) in [5.41, 5.74) is 1.09. The maximum Gasteiger partial charge on any atom is 0.124 e. The highest BCUT2D eigenvalue weighted by molar-refractivity contribution is 9.10. The van der Waals surface area contributed by atoms with E-state index in [0.29, 0.717) is 0 Å². The van der Waals surface area contributed by atoms with Crippen LogP contribution in [0.4, 0.5) is 4.39 Å². The van der Waals surface area contributed by atoms with Crippen molar-refractivity contribution in [2.45, 2.75) is 19.9 Å². The van der Waals surface area contributed by atoms with Crippen LogP contribution in [0.25, 0.3) is 0 Å². The van der Waals surface area contributed by atoms with Crippen LogP contribution in [0.2, 0.25) is 0 Å². The monoisotopic (exact) mass is 288 g/mol. The van der Waals surface area contributed by atoms with Gasteiger partial charge in [-0.05, 0) is 43.8 Å². The molecule has 0 saturated carbocycles. The van der Waals surface area contributed by atoms with E-state index in [0.717, 1.165) is 42.6 Å². The molecule has 0 radical (unpaired) electrons. The minimum Gasteiger partial charge on any atom is -0.317 e. The summed E-state index contributed by atoms with van der Waals surface area (Å²) in [6.07, 6.45) is 1.10. The van der Waals surface area contributed by atoms with E-state index in [1.165, 1.54) is 12.1 Å². The Morgan fingerprint density at radius 2 is 2.00 bits per heavy atom. The van der Waals surface area contributed by atoms with Crippen LogP contribution in [0.3, 0.4) is 0 Å². The van der Waals surface area contributed by atoms with E-state index in [9.17, 15) is 4.39 Å². The van der Waals surface area contributed by atoms with Crippen molar-refractivity contribution in [2.75, 3.05) is 19.6 Å². The third kappa shape index (κ3) is 5.05. The second kappa shape index (κ2) is 7.76. The molecule has 2 N–H and O–H groups in total. The van der Waals surface area contributed by atoms with Crippen molar-refractivity contribution in [3.63, 3.8) is 0 Å². The lowest BCUT2D eigenvalue weighted by molar-refractivity contribution is 0.602. The highest BCUT2D eigenvalue weighted by atomic mass is 79.9. The molecule has 4 heteroatoms. The van der Waals surface area contributed by atoms with Gasteiger partial charge in [0.1, 0.15) is 5.82 Å². The van der Waals surface area contributed by atoms with Crippen molar-refractivity contribution in [2.24, 2.45) is 0 Å². The van der Waals surface area contributed by atoms with E-state index in [1.54, 1.807) is 6.07 Å². The Labute approximate surface area is 105 Å². The lowest BCUT2D eigenvalue weighted by atomic mass is 10.2. The second-order valence-corrected chi connectivity index (χ2v) is 4.47. The zero-order valence-corrected chi connectivity index (χ0v) is 11.1. The molecule has 0 atom stereocenters. The minimum atomic E-state index is -0.206. The fourth-order valence-electron chi connectivity index (χ4n) is 1.40. The first-order chi connectivity index (χ1) is 7.74. The van der Waals surface area contributed by atoms with Crippen molar-refractivity contribution < 1.29 is 4.39 Å². The van der Waals surface area contributed by atoms with Crippen LogP contribution in [0, 0.1) is 5.82 Å². The van der Waals surface area contributed by atoms with Crippen LogP contribution >= 0.6 is 15.9 Å². The summed E-state index contributed by atoms with van der Waals surface area (Å²) in [4.78, 5) is 0. The van der Waals surface area contributed by atoms with Gasteiger partial charge in [-0.3, -0.25) is 0 Å². The first-order valence-electron chi connectivity index (χ1n) is 5.59. The maximum absolute atomic E-state index is 12.8. The molecule has 0 aromatic heterocycles. The number of hydrogen-bond acceptors (Lipinski definition) is 2. The summed E-state index contributed by atoms with van der Waals surface area (Å²) >= 11 is 3.35. The molecule has 1 aromatic rings. The third-order valence-corrected chi connectivity index (χ3v) is 3.03. The fourth-order valence-corrected chi connectivity index (χ4v) is 1.89. The van der Waals surface area contributed by atoms with Gasteiger partial charge in [0.15, 0.2) is 0 Å². The van der Waals surface area contributed by atoms with Gasteiger partial charge in [-0.2, -0.15) is 0 Å². The van der Waals surface area contributed by atoms with Crippen LogP contribution in [-0.2, 0) is 6.54 Å². The van der Waals surface area contributed by atoms with Crippen LogP contribution in [0.5, 0.6) is 0 Å². The van der Waals surface area contributed by atoms with Gasteiger partial charge in [0.05, 0.1) is 0 Å². The molecule has 0 unspecified atom stereocenters. The highest BCUT2D eigenvalue weighted by Crippen LogP contribution is 2.17. The molecule has 0 spiro atoms. The van der Waals surface area contributed by atoms with E-state index in [1.807, 2.05) is 0 Å². The van der Waals surface area contributed by atoms with Gasteiger partial charge in [-0.1, -0.05) is 28.9 Å². The lowest BCUT2D eigenvalue weighted by Gasteiger charge is -2.07. The number of rotatable bonds is 7. The van der Waals surface area contributed by atoms with Crippen molar-refractivity contribution in [3.8, 4) is 0 Å². The number of hydrogen-bond donors (Lipinski definition) is 2. The van der Waals surface area contributed by atoms with E-state index in [4.69, 9.17) is 0 Å². The molecule has 16 heavy (non-hydrogen) atoms. The summed E-state index contributed by atoms with van der Waals surface area (Å²) in [6.45, 7) is 5.89. The molecule has 1 rings (SSSR count). The molecule has 0 aliphatic heterocycles. The average Bonchev–Trinajstić information content (AvgIpc) is 2.26. The molecule has 0 amide bonds. The normalized spacial score (nSPS) is 10.7. The fraction of sp³-hybridized carbons (Fsp3) is 0.500. The molecule has 1 aromatic carbocycles. The van der Waals surface area contributed by atoms with Gasteiger partial charge >= 0.3 is 0 Å². The number of halogens is 2. The molecule has 90 valence electrons. The smallest absolute Gasteiger partial charge is 0.124 e. The molecule has 0 saturated heterocycles. The summed E-state index contributed by atoms with van der Waals surface area (Å²) in [5, 5.41) is 6.60. The molecule has 2 nitrogen and oxygen atoms in total. The molecule has 0 fully saturated rings. The van der Waals surface area contributed by atoms with Gasteiger partial charge < -0.3 is 10.6 Å². The molecule has 0 aliphatic carbocycles. The summed E-state index contributed by atoms with van der Waals surface area (Å²) in [6, 6.07) is 4.78. The van der Waals surface area contributed by atoms with Gasteiger partial charge in [0, 0.05) is 11.0 Å². The van der Waals surface area contributed by atoms with Crippen molar-refractivity contribution in [1.29, 1.82) is 0 Å². The van der Waals surface area contributed by atoms with E-state index < -0.39 is 0 Å². The second-order valence-electron chi connectivity index (χ2n) is 3.62. The summed E-state index contributed by atoms with van der Waals surface area (Å²) in [5.74, 6) is -0.206. The summed E-state index contributed by atoms with van der Waals surface area (Å²) < 4.78 is 13.6. The Bertz CT molecular complexity index is 318. The Hall–Kier alpha value is -0.450. The Morgan fingerprint density at radius 3 is 2.69 bits per heavy atom. The largest absolute Gasteiger partial charge is 0.317 e. The van der Waals surface area contributed by atoms with Crippen molar-refractivity contribution in [1.82, 2.24) is 10.6 Å². The van der Waals surface area contributed by atoms with Crippen LogP contribution in [0.1, 0.15) is 18.9 Å². The lowest BCUT2D eigenvalue weighted by Crippen LogP contribution is -2.21. The number of nitrogens with one attached hydrogen (secondary N) is 2. The van der Waals surface area contributed by atoms with Crippen LogP contribution in [0.15, 0.2) is 22.7 Å². The number of benzene rings is 1. The highest BCUT2D eigenvalue weighted by Gasteiger charge is 2.00. The SMILES string of the molecule is CCNCCCNCc1ccc(F)cc1Br. The molecule has 0 aliphatic rings. The predicted molar refractivity (Wildman–Crippen MR) is 69.0 cm³/mol. The van der Waals surface area contributed by atoms with Gasteiger partial charge in [0.2, 0.25) is 0 Å². The Morgan fingerprint density at radius 1 is 1.25 bits per heavy atom. The van der Waals surface area contributed by atoms with Crippen LogP contribution < -0.4 is 10.6 Å². The van der Waals surface area contributed by atoms with E-state index in [2.05, 4.69) is 33.5 Å². The van der Waals surface area contributed by atoms with Crippen molar-refractivity contribution in [3.05, 3.63) is 34.1 Å². The van der Waals surface area contributed by atoms with E-state index in [-0.39, 0.29) is 5.82 Å². The average molecular weight is 289 g/mol. The topological polar surface area (TPSA) is 24.1 Å². The Kier molecular flexibility index (Phi) is 6.61. The zero-order chi connectivity index (χ0) is 11.8. The van der Waals surface area contributed by atoms with Crippen molar-refractivity contribution >= 4 is 15.9 Å². The molecule has 0 bridgehead atoms. The molecular formula is C12H18BrFN2. The zero-order valence-electron chi connectivity index (χ0n) is 9.52. The molecule has 0 heterocycles. The van der Waals surface area contributed by atoms with Gasteiger partial charge in [-0.25, -0.2) is 4.39 Å². The van der Waals surface area contributed by atoms with E-state index >= 15 is 0 Å². The minimum absolute atomic E-state index is 0.206. The maximum atomic E-state index is 12.8.